The summed E-state index contributed by atoms with van der Waals surface area (Å²) in [6.07, 6.45) is 1.66. The van der Waals surface area contributed by atoms with Gasteiger partial charge in [-0.2, -0.15) is 0 Å². The van der Waals surface area contributed by atoms with Crippen LogP contribution in [0.25, 0.3) is 0 Å². The van der Waals surface area contributed by atoms with Gasteiger partial charge in [-0.1, -0.05) is 0 Å². The van der Waals surface area contributed by atoms with E-state index in [9.17, 15) is 4.79 Å². The van der Waals surface area contributed by atoms with Gasteiger partial charge in [0.05, 0.1) is 0 Å². The average Bonchev–Trinajstić information content (AvgIpc) is 2.85. The first kappa shape index (κ1) is 16.5. The van der Waals surface area contributed by atoms with E-state index in [1.165, 1.54) is 0 Å². The molecule has 0 aliphatic carbocycles. The zero-order valence-corrected chi connectivity index (χ0v) is 13.6. The summed E-state index contributed by atoms with van der Waals surface area (Å²) in [4.78, 5) is 12.0. The van der Waals surface area contributed by atoms with E-state index >= 15 is 0 Å². The van der Waals surface area contributed by atoms with Gasteiger partial charge in [-0.05, 0) is 38.6 Å². The Balaban J connectivity index is 2.73. The monoisotopic (exact) mass is 302 g/mol. The van der Waals surface area contributed by atoms with E-state index in [1.807, 2.05) is 32.2 Å². The van der Waals surface area contributed by atoms with Crippen LogP contribution < -0.4 is 0 Å². The summed E-state index contributed by atoms with van der Waals surface area (Å²) in [6.45, 7) is 7.58. The first-order valence-electron chi connectivity index (χ1n) is 6.64. The van der Waals surface area contributed by atoms with Gasteiger partial charge in [-0.3, -0.25) is 4.79 Å². The summed E-state index contributed by atoms with van der Waals surface area (Å²) >= 11 is 1.59. The summed E-state index contributed by atoms with van der Waals surface area (Å²) in [7, 11) is -2.60. The van der Waals surface area contributed by atoms with E-state index in [0.717, 1.165) is 23.1 Å². The molecule has 0 aliphatic heterocycles. The number of aldehydes is 1. The molecule has 19 heavy (non-hydrogen) atoms. The number of hydrogen-bond donors (Lipinski definition) is 0. The lowest BCUT2D eigenvalue weighted by atomic mass is 10.2. The normalized spacial score (nSPS) is 11.7. The minimum atomic E-state index is -2.60. The van der Waals surface area contributed by atoms with Gasteiger partial charge in [0.15, 0.2) is 6.29 Å². The maximum Gasteiger partial charge on any atom is 0.501 e. The van der Waals surface area contributed by atoms with Crippen molar-refractivity contribution in [1.29, 1.82) is 0 Å². The van der Waals surface area contributed by atoms with Crippen molar-refractivity contribution in [3.63, 3.8) is 0 Å². The van der Waals surface area contributed by atoms with Crippen molar-refractivity contribution in [3.8, 4) is 0 Å². The van der Waals surface area contributed by atoms with Crippen molar-refractivity contribution in [2.45, 2.75) is 33.2 Å². The highest BCUT2D eigenvalue weighted by Crippen LogP contribution is 2.23. The predicted octanol–water partition coefficient (Wildman–Crippen LogP) is 3.15. The van der Waals surface area contributed by atoms with Gasteiger partial charge < -0.3 is 13.3 Å². The molecule has 0 saturated carbocycles. The number of rotatable bonds is 10. The Hall–Kier alpha value is -0.533. The zero-order valence-electron chi connectivity index (χ0n) is 11.8. The molecule has 0 saturated heterocycles. The smallest absolute Gasteiger partial charge is 0.374 e. The lowest BCUT2D eigenvalue weighted by molar-refractivity contribution is 0.0714. The fourth-order valence-corrected chi connectivity index (χ4v) is 5.52. The molecule has 0 spiro atoms. The van der Waals surface area contributed by atoms with Gasteiger partial charge in [-0.25, -0.2) is 0 Å². The summed E-state index contributed by atoms with van der Waals surface area (Å²) in [5, 5.41) is 1.93. The van der Waals surface area contributed by atoms with Gasteiger partial charge in [0.1, 0.15) is 0 Å². The van der Waals surface area contributed by atoms with E-state index in [1.54, 1.807) is 11.3 Å². The maximum absolute atomic E-state index is 10.9. The Morgan fingerprint density at radius 2 is 1.74 bits per heavy atom. The number of aryl methyl sites for hydroxylation is 1. The zero-order chi connectivity index (χ0) is 14.1. The van der Waals surface area contributed by atoms with E-state index in [-0.39, 0.29) is 0 Å². The molecule has 0 N–H and O–H groups in total. The molecule has 6 heteroatoms. The third kappa shape index (κ3) is 4.81. The average molecular weight is 302 g/mol. The Labute approximate surface area is 120 Å². The van der Waals surface area contributed by atoms with Crippen LogP contribution in [-0.2, 0) is 19.7 Å². The van der Waals surface area contributed by atoms with Crippen LogP contribution in [0.3, 0.4) is 0 Å². The van der Waals surface area contributed by atoms with Crippen molar-refractivity contribution in [3.05, 3.63) is 21.9 Å². The minimum absolute atomic E-state index is 0.581. The molecule has 1 rings (SSSR count). The third-order valence-corrected chi connectivity index (χ3v) is 6.70. The molecular formula is C13H22O4SSi. The van der Waals surface area contributed by atoms with E-state index < -0.39 is 8.80 Å². The van der Waals surface area contributed by atoms with Crippen molar-refractivity contribution in [2.24, 2.45) is 0 Å². The Morgan fingerprint density at radius 3 is 2.21 bits per heavy atom. The first-order chi connectivity index (χ1) is 9.21. The Bertz CT molecular complexity index is 363. The molecule has 0 bridgehead atoms. The third-order valence-electron chi connectivity index (χ3n) is 2.66. The van der Waals surface area contributed by atoms with Gasteiger partial charge in [0.25, 0.3) is 0 Å². The molecule has 0 atom stereocenters. The van der Waals surface area contributed by atoms with Crippen LogP contribution in [0.5, 0.6) is 0 Å². The number of thiophene rings is 1. The quantitative estimate of drug-likeness (QED) is 0.492. The highest BCUT2D eigenvalue weighted by atomic mass is 32.1. The molecule has 1 heterocycles. The van der Waals surface area contributed by atoms with Crippen molar-refractivity contribution in [1.82, 2.24) is 0 Å². The summed E-state index contributed by atoms with van der Waals surface area (Å²) in [6, 6.07) is 2.56. The summed E-state index contributed by atoms with van der Waals surface area (Å²) in [5.41, 5.74) is 0.761. The van der Waals surface area contributed by atoms with Crippen LogP contribution in [0.15, 0.2) is 11.4 Å². The topological polar surface area (TPSA) is 44.8 Å². The largest absolute Gasteiger partial charge is 0.501 e. The summed E-state index contributed by atoms with van der Waals surface area (Å²) in [5.74, 6) is 0. The minimum Gasteiger partial charge on any atom is -0.374 e. The maximum atomic E-state index is 10.9. The van der Waals surface area contributed by atoms with E-state index in [2.05, 4.69) is 0 Å². The molecule has 0 unspecified atom stereocenters. The molecular weight excluding hydrogens is 280 g/mol. The molecule has 0 aliphatic rings. The molecule has 0 amide bonds. The SMILES string of the molecule is CCO[Si](CCc1sccc1C=O)(OCC)OCC. The molecule has 0 radical (unpaired) electrons. The molecule has 4 nitrogen and oxygen atoms in total. The Morgan fingerprint density at radius 1 is 1.16 bits per heavy atom. The van der Waals surface area contributed by atoms with Crippen LogP contribution in [0.4, 0.5) is 0 Å². The van der Waals surface area contributed by atoms with Crippen molar-refractivity contribution in [2.75, 3.05) is 19.8 Å². The second-order valence-electron chi connectivity index (χ2n) is 3.90. The highest BCUT2D eigenvalue weighted by molar-refractivity contribution is 7.10. The van der Waals surface area contributed by atoms with E-state index in [4.69, 9.17) is 13.3 Å². The second kappa shape index (κ2) is 8.60. The van der Waals surface area contributed by atoms with Gasteiger partial charge in [-0.15, -0.1) is 11.3 Å². The fraction of sp³-hybridized carbons (Fsp3) is 0.615. The van der Waals surface area contributed by atoms with Crippen LogP contribution in [0.2, 0.25) is 6.04 Å². The van der Waals surface area contributed by atoms with Crippen LogP contribution in [0, 0.1) is 0 Å². The number of carbonyl (C=O) groups excluding carboxylic acids is 1. The number of carbonyl (C=O) groups is 1. The molecule has 0 fully saturated rings. The summed E-state index contributed by atoms with van der Waals surface area (Å²) < 4.78 is 17.4. The second-order valence-corrected chi connectivity index (χ2v) is 7.63. The molecule has 1 aromatic rings. The molecule has 0 aromatic carbocycles. The highest BCUT2D eigenvalue weighted by Gasteiger charge is 2.40. The standard InChI is InChI=1S/C13H22O4SSi/c1-4-15-19(16-5-2,17-6-3)10-8-13-12(11-14)7-9-18-13/h7,9,11H,4-6,8,10H2,1-3H3. The van der Waals surface area contributed by atoms with Gasteiger partial charge in [0, 0.05) is 36.3 Å². The van der Waals surface area contributed by atoms with E-state index in [0.29, 0.717) is 25.9 Å². The number of hydrogen-bond acceptors (Lipinski definition) is 5. The van der Waals surface area contributed by atoms with Crippen LogP contribution >= 0.6 is 11.3 Å². The molecule has 108 valence electrons. The first-order valence-corrected chi connectivity index (χ1v) is 9.45. The fourth-order valence-electron chi connectivity index (χ4n) is 1.93. The van der Waals surface area contributed by atoms with Crippen molar-refractivity contribution >= 4 is 26.4 Å². The Kier molecular flexibility index (Phi) is 7.48. The predicted molar refractivity (Wildman–Crippen MR) is 78.8 cm³/mol. The van der Waals surface area contributed by atoms with Crippen LogP contribution in [0.1, 0.15) is 36.0 Å². The van der Waals surface area contributed by atoms with Crippen molar-refractivity contribution < 1.29 is 18.1 Å². The lowest BCUT2D eigenvalue weighted by Gasteiger charge is -2.28. The lowest BCUT2D eigenvalue weighted by Crippen LogP contribution is -2.46. The van der Waals surface area contributed by atoms with Crippen LogP contribution in [-0.4, -0.2) is 34.9 Å². The van der Waals surface area contributed by atoms with Gasteiger partial charge in [0.2, 0.25) is 0 Å². The van der Waals surface area contributed by atoms with Gasteiger partial charge >= 0.3 is 8.80 Å². The molecule has 1 aromatic heterocycles.